The molecule has 0 saturated carbocycles. The number of benzene rings is 1. The molecule has 3 heterocycles. The van der Waals surface area contributed by atoms with Gasteiger partial charge in [0, 0.05) is 18.2 Å². The Labute approximate surface area is 157 Å². The molecule has 3 aromatic rings. The highest BCUT2D eigenvalue weighted by Gasteiger charge is 2.27. The summed E-state index contributed by atoms with van der Waals surface area (Å²) < 4.78 is 11.2. The lowest BCUT2D eigenvalue weighted by atomic mass is 10.0. The predicted molar refractivity (Wildman–Crippen MR) is 101 cm³/mol. The molecule has 1 atom stereocenters. The molecular formula is C21H21N3O3. The normalized spacial score (nSPS) is 15.3. The number of para-hydroxylation sites is 1. The second-order valence-electron chi connectivity index (χ2n) is 6.87. The summed E-state index contributed by atoms with van der Waals surface area (Å²) in [6, 6.07) is 10.1. The van der Waals surface area contributed by atoms with E-state index in [0.29, 0.717) is 23.6 Å². The van der Waals surface area contributed by atoms with Crippen LogP contribution in [0.15, 0.2) is 41.1 Å². The number of nitrogens with one attached hydrogen (secondary N) is 1. The van der Waals surface area contributed by atoms with Crippen LogP contribution in [0, 0.1) is 20.8 Å². The van der Waals surface area contributed by atoms with E-state index in [1.165, 1.54) is 0 Å². The molecule has 0 spiro atoms. The number of nitrogens with zero attached hydrogens (tertiary/aromatic N) is 2. The van der Waals surface area contributed by atoms with Crippen LogP contribution >= 0.6 is 0 Å². The molecule has 0 radical (unpaired) electrons. The lowest BCUT2D eigenvalue weighted by Crippen LogP contribution is -2.34. The Kier molecular flexibility index (Phi) is 4.39. The van der Waals surface area contributed by atoms with E-state index in [1.807, 2.05) is 37.4 Å². The first-order valence-electron chi connectivity index (χ1n) is 8.95. The molecular weight excluding hydrogens is 342 g/mol. The van der Waals surface area contributed by atoms with Crippen LogP contribution in [0.1, 0.15) is 32.9 Å². The van der Waals surface area contributed by atoms with Crippen molar-refractivity contribution in [1.29, 1.82) is 0 Å². The fourth-order valence-electron chi connectivity index (χ4n) is 3.38. The summed E-state index contributed by atoms with van der Waals surface area (Å²) in [5.41, 5.74) is 5.20. The zero-order valence-corrected chi connectivity index (χ0v) is 15.6. The van der Waals surface area contributed by atoms with Crippen LogP contribution in [0.5, 0.6) is 5.75 Å². The summed E-state index contributed by atoms with van der Waals surface area (Å²) in [4.78, 5) is 16.9. The van der Waals surface area contributed by atoms with Crippen LogP contribution in [0.25, 0.3) is 11.3 Å². The van der Waals surface area contributed by atoms with Gasteiger partial charge in [0.05, 0.1) is 17.9 Å². The van der Waals surface area contributed by atoms with Crippen LogP contribution < -0.4 is 10.1 Å². The second kappa shape index (κ2) is 6.87. The smallest absolute Gasteiger partial charge is 0.256 e. The Balaban J connectivity index is 1.48. The first-order valence-corrected chi connectivity index (χ1v) is 8.95. The third-order valence-electron chi connectivity index (χ3n) is 4.77. The number of hydrogen-bond acceptors (Lipinski definition) is 5. The highest BCUT2D eigenvalue weighted by molar-refractivity contribution is 5.96. The van der Waals surface area contributed by atoms with E-state index in [9.17, 15) is 4.79 Å². The van der Waals surface area contributed by atoms with Crippen molar-refractivity contribution < 1.29 is 14.1 Å². The van der Waals surface area contributed by atoms with Crippen LogP contribution in [0.2, 0.25) is 0 Å². The Morgan fingerprint density at radius 2 is 2.07 bits per heavy atom. The molecule has 1 amide bonds. The van der Waals surface area contributed by atoms with E-state index < -0.39 is 0 Å². The molecule has 0 saturated heterocycles. The van der Waals surface area contributed by atoms with Gasteiger partial charge in [0.1, 0.15) is 23.2 Å². The van der Waals surface area contributed by atoms with E-state index >= 15 is 0 Å². The van der Waals surface area contributed by atoms with Crippen molar-refractivity contribution in [2.45, 2.75) is 33.3 Å². The Bertz CT molecular complexity index is 973. The molecule has 2 aromatic heterocycles. The molecule has 4 rings (SSSR count). The average molecular weight is 363 g/mol. The standard InChI is InChI=1S/C21H21N3O3/c1-12-7-8-18(22-10-12)17-6-4-5-15-9-16(26-20(15)17)11-23-21(25)19-13(2)24-27-14(19)3/h4-8,10,16H,9,11H2,1-3H3,(H,23,25)/t16-/m1/s1. The van der Waals surface area contributed by atoms with Gasteiger partial charge in [-0.05, 0) is 44.0 Å². The lowest BCUT2D eigenvalue weighted by Gasteiger charge is -2.13. The number of aryl methyl sites for hydroxylation is 3. The number of aromatic nitrogens is 2. The number of pyridine rings is 1. The quantitative estimate of drug-likeness (QED) is 0.769. The Morgan fingerprint density at radius 3 is 2.78 bits per heavy atom. The number of ether oxygens (including phenoxy) is 1. The lowest BCUT2D eigenvalue weighted by molar-refractivity contribution is 0.0931. The van der Waals surface area contributed by atoms with Crippen LogP contribution in [0.4, 0.5) is 0 Å². The first kappa shape index (κ1) is 17.3. The van der Waals surface area contributed by atoms with Gasteiger partial charge in [0.15, 0.2) is 0 Å². The fraction of sp³-hybridized carbons (Fsp3) is 0.286. The number of carbonyl (C=O) groups excluding carboxylic acids is 1. The van der Waals surface area contributed by atoms with Gasteiger partial charge in [-0.25, -0.2) is 0 Å². The predicted octanol–water partition coefficient (Wildman–Crippen LogP) is 3.40. The summed E-state index contributed by atoms with van der Waals surface area (Å²) in [6.07, 6.45) is 2.48. The van der Waals surface area contributed by atoms with Crippen molar-refractivity contribution in [3.05, 3.63) is 64.7 Å². The number of hydrogen-bond donors (Lipinski definition) is 1. The highest BCUT2D eigenvalue weighted by atomic mass is 16.5. The van der Waals surface area contributed by atoms with Crippen molar-refractivity contribution in [3.63, 3.8) is 0 Å². The third kappa shape index (κ3) is 3.30. The third-order valence-corrected chi connectivity index (χ3v) is 4.77. The van der Waals surface area contributed by atoms with Crippen molar-refractivity contribution in [2.24, 2.45) is 0 Å². The molecule has 0 unspecified atom stereocenters. The van der Waals surface area contributed by atoms with Crippen LogP contribution in [-0.2, 0) is 6.42 Å². The summed E-state index contributed by atoms with van der Waals surface area (Å²) in [6.45, 7) is 5.92. The molecule has 27 heavy (non-hydrogen) atoms. The summed E-state index contributed by atoms with van der Waals surface area (Å²) in [5, 5.41) is 6.76. The van der Waals surface area contributed by atoms with Gasteiger partial charge in [-0.2, -0.15) is 0 Å². The molecule has 1 aliphatic rings. The van der Waals surface area contributed by atoms with Gasteiger partial charge in [-0.1, -0.05) is 23.4 Å². The Morgan fingerprint density at radius 1 is 1.22 bits per heavy atom. The van der Waals surface area contributed by atoms with Crippen molar-refractivity contribution in [1.82, 2.24) is 15.5 Å². The van der Waals surface area contributed by atoms with Crippen LogP contribution in [0.3, 0.4) is 0 Å². The molecule has 0 aliphatic carbocycles. The maximum absolute atomic E-state index is 12.4. The number of amides is 1. The molecule has 1 aliphatic heterocycles. The number of rotatable bonds is 4. The van der Waals surface area contributed by atoms with Crippen molar-refractivity contribution in [2.75, 3.05) is 6.54 Å². The molecule has 0 fully saturated rings. The fourth-order valence-corrected chi connectivity index (χ4v) is 3.38. The van der Waals surface area contributed by atoms with Gasteiger partial charge >= 0.3 is 0 Å². The van der Waals surface area contributed by atoms with Gasteiger partial charge in [-0.3, -0.25) is 9.78 Å². The van der Waals surface area contributed by atoms with E-state index in [4.69, 9.17) is 9.26 Å². The maximum Gasteiger partial charge on any atom is 0.256 e. The van der Waals surface area contributed by atoms with E-state index in [2.05, 4.69) is 21.5 Å². The summed E-state index contributed by atoms with van der Waals surface area (Å²) >= 11 is 0. The van der Waals surface area contributed by atoms with Crippen molar-refractivity contribution in [3.8, 4) is 17.0 Å². The van der Waals surface area contributed by atoms with E-state index in [0.717, 1.165) is 34.6 Å². The minimum Gasteiger partial charge on any atom is -0.487 e. The molecule has 138 valence electrons. The molecule has 1 N–H and O–H groups in total. The first-order chi connectivity index (χ1) is 13.0. The largest absolute Gasteiger partial charge is 0.487 e. The summed E-state index contributed by atoms with van der Waals surface area (Å²) in [5.74, 6) is 1.19. The maximum atomic E-state index is 12.4. The van der Waals surface area contributed by atoms with Gasteiger partial charge in [0.2, 0.25) is 0 Å². The SMILES string of the molecule is Cc1ccc(-c2cccc3c2O[C@@H](CNC(=O)c2c(C)noc2C)C3)nc1. The molecule has 6 nitrogen and oxygen atoms in total. The number of carbonyl (C=O) groups is 1. The summed E-state index contributed by atoms with van der Waals surface area (Å²) in [7, 11) is 0. The molecule has 1 aromatic carbocycles. The van der Waals surface area contributed by atoms with E-state index in [-0.39, 0.29) is 12.0 Å². The zero-order valence-electron chi connectivity index (χ0n) is 15.6. The van der Waals surface area contributed by atoms with Crippen molar-refractivity contribution >= 4 is 5.91 Å². The van der Waals surface area contributed by atoms with Gasteiger partial charge < -0.3 is 14.6 Å². The minimum absolute atomic E-state index is 0.115. The van der Waals surface area contributed by atoms with E-state index in [1.54, 1.807) is 13.8 Å². The zero-order chi connectivity index (χ0) is 19.0. The highest BCUT2D eigenvalue weighted by Crippen LogP contribution is 2.37. The van der Waals surface area contributed by atoms with Crippen LogP contribution in [-0.4, -0.2) is 28.7 Å². The Hall–Kier alpha value is -3.15. The topological polar surface area (TPSA) is 77.2 Å². The minimum atomic E-state index is -0.189. The van der Waals surface area contributed by atoms with Gasteiger partial charge in [-0.15, -0.1) is 0 Å². The average Bonchev–Trinajstić information content (AvgIpc) is 3.23. The molecule has 6 heteroatoms. The second-order valence-corrected chi connectivity index (χ2v) is 6.87. The molecule has 0 bridgehead atoms. The monoisotopic (exact) mass is 363 g/mol. The number of fused-ring (bicyclic) bond motifs is 1. The van der Waals surface area contributed by atoms with Gasteiger partial charge in [0.25, 0.3) is 5.91 Å².